The highest BCUT2D eigenvalue weighted by Gasteiger charge is 2.20. The minimum absolute atomic E-state index is 0.0637. The molecule has 0 spiro atoms. The Hall–Kier alpha value is -0.930. The highest BCUT2D eigenvalue weighted by Crippen LogP contribution is 2.26. The third kappa shape index (κ3) is 5.76. The molecule has 0 amide bonds. The molecule has 0 heterocycles. The van der Waals surface area contributed by atoms with E-state index in [-0.39, 0.29) is 11.9 Å². The van der Waals surface area contributed by atoms with E-state index in [9.17, 15) is 4.39 Å². The van der Waals surface area contributed by atoms with Gasteiger partial charge in [-0.15, -0.1) is 0 Å². The van der Waals surface area contributed by atoms with Crippen LogP contribution in [0.3, 0.4) is 0 Å². The monoisotopic (exact) mass is 293 g/mol. The minimum Gasteiger partial charge on any atom is -0.369 e. The van der Waals surface area contributed by atoms with E-state index in [1.54, 1.807) is 12.1 Å². The summed E-state index contributed by atoms with van der Waals surface area (Å²) in [5, 5.41) is 3.42. The zero-order valence-electron chi connectivity index (χ0n) is 13.3. The number of rotatable bonds is 6. The van der Waals surface area contributed by atoms with Crippen molar-refractivity contribution in [3.8, 4) is 0 Å². The van der Waals surface area contributed by atoms with Crippen LogP contribution in [0.5, 0.6) is 0 Å². The van der Waals surface area contributed by atoms with Crippen molar-refractivity contribution in [2.75, 3.05) is 6.54 Å². The molecule has 0 radical (unpaired) electrons. The summed E-state index contributed by atoms with van der Waals surface area (Å²) in [6.45, 7) is 4.97. The van der Waals surface area contributed by atoms with Gasteiger partial charge >= 0.3 is 0 Å². The summed E-state index contributed by atoms with van der Waals surface area (Å²) < 4.78 is 19.8. The maximum Gasteiger partial charge on any atom is 0.123 e. The highest BCUT2D eigenvalue weighted by atomic mass is 19.1. The second-order valence-electron chi connectivity index (χ2n) is 6.36. The van der Waals surface area contributed by atoms with Crippen LogP contribution < -0.4 is 5.32 Å². The lowest BCUT2D eigenvalue weighted by atomic mass is 10.1. The number of halogens is 1. The lowest BCUT2D eigenvalue weighted by molar-refractivity contribution is -0.0210. The van der Waals surface area contributed by atoms with E-state index >= 15 is 0 Å². The summed E-state index contributed by atoms with van der Waals surface area (Å²) in [5.41, 5.74) is 0.937. The van der Waals surface area contributed by atoms with E-state index in [4.69, 9.17) is 4.74 Å². The number of benzene rings is 1. The predicted octanol–water partition coefficient (Wildman–Crippen LogP) is 4.60. The van der Waals surface area contributed by atoms with Gasteiger partial charge in [-0.2, -0.15) is 0 Å². The largest absolute Gasteiger partial charge is 0.369 e. The van der Waals surface area contributed by atoms with Crippen LogP contribution in [0.4, 0.5) is 4.39 Å². The second kappa shape index (κ2) is 8.50. The summed E-state index contributed by atoms with van der Waals surface area (Å²) >= 11 is 0. The molecular formula is C18H28FNO. The zero-order chi connectivity index (χ0) is 15.1. The Kier molecular flexibility index (Phi) is 6.65. The maximum absolute atomic E-state index is 13.5. The molecule has 0 saturated heterocycles. The summed E-state index contributed by atoms with van der Waals surface area (Å²) in [7, 11) is 0. The molecule has 1 atom stereocenters. The third-order valence-electron chi connectivity index (χ3n) is 4.09. The van der Waals surface area contributed by atoms with Gasteiger partial charge in [-0.05, 0) is 30.5 Å². The molecule has 1 unspecified atom stereocenters. The van der Waals surface area contributed by atoms with Crippen LogP contribution in [-0.4, -0.2) is 18.7 Å². The van der Waals surface area contributed by atoms with Gasteiger partial charge in [0.15, 0.2) is 0 Å². The SMILES string of the molecule is CC(C)NCC(OC1CCCCCC1)c1cccc(F)c1. The number of hydrogen-bond acceptors (Lipinski definition) is 2. The quantitative estimate of drug-likeness (QED) is 0.774. The fraction of sp³-hybridized carbons (Fsp3) is 0.667. The Morgan fingerprint density at radius 2 is 1.90 bits per heavy atom. The smallest absolute Gasteiger partial charge is 0.123 e. The zero-order valence-corrected chi connectivity index (χ0v) is 13.3. The van der Waals surface area contributed by atoms with Crippen LogP contribution in [0.15, 0.2) is 24.3 Å². The van der Waals surface area contributed by atoms with E-state index in [0.717, 1.165) is 24.9 Å². The second-order valence-corrected chi connectivity index (χ2v) is 6.36. The molecule has 1 aromatic rings. The van der Waals surface area contributed by atoms with Crippen molar-refractivity contribution in [2.24, 2.45) is 0 Å². The molecular weight excluding hydrogens is 265 g/mol. The van der Waals surface area contributed by atoms with Gasteiger partial charge in [-0.1, -0.05) is 51.7 Å². The Labute approximate surface area is 128 Å². The minimum atomic E-state index is -0.188. The molecule has 0 aliphatic heterocycles. The molecule has 1 N–H and O–H groups in total. The Morgan fingerprint density at radius 1 is 1.19 bits per heavy atom. The van der Waals surface area contributed by atoms with E-state index in [1.165, 1.54) is 31.7 Å². The first-order valence-corrected chi connectivity index (χ1v) is 8.29. The van der Waals surface area contributed by atoms with Crippen molar-refractivity contribution < 1.29 is 9.13 Å². The van der Waals surface area contributed by atoms with Gasteiger partial charge in [-0.25, -0.2) is 4.39 Å². The normalized spacial score (nSPS) is 18.7. The van der Waals surface area contributed by atoms with Crippen molar-refractivity contribution in [3.63, 3.8) is 0 Å². The fourth-order valence-electron chi connectivity index (χ4n) is 2.90. The molecule has 0 aromatic heterocycles. The molecule has 118 valence electrons. The average Bonchev–Trinajstić information content (AvgIpc) is 2.71. The Morgan fingerprint density at radius 3 is 2.52 bits per heavy atom. The third-order valence-corrected chi connectivity index (χ3v) is 4.09. The molecule has 1 aromatic carbocycles. The first kappa shape index (κ1) is 16.4. The van der Waals surface area contributed by atoms with Gasteiger partial charge < -0.3 is 10.1 Å². The Balaban J connectivity index is 2.03. The van der Waals surface area contributed by atoms with Crippen LogP contribution in [0.2, 0.25) is 0 Å². The highest BCUT2D eigenvalue weighted by molar-refractivity contribution is 5.19. The van der Waals surface area contributed by atoms with Gasteiger partial charge in [0.05, 0.1) is 12.2 Å². The fourth-order valence-corrected chi connectivity index (χ4v) is 2.90. The lowest BCUT2D eigenvalue weighted by Gasteiger charge is -2.26. The van der Waals surface area contributed by atoms with Gasteiger partial charge in [0, 0.05) is 12.6 Å². The molecule has 1 aliphatic carbocycles. The first-order valence-electron chi connectivity index (χ1n) is 8.29. The topological polar surface area (TPSA) is 21.3 Å². The van der Waals surface area contributed by atoms with Crippen molar-refractivity contribution in [2.45, 2.75) is 70.6 Å². The summed E-state index contributed by atoms with van der Waals surface area (Å²) in [4.78, 5) is 0. The van der Waals surface area contributed by atoms with Crippen molar-refractivity contribution in [1.82, 2.24) is 5.32 Å². The standard InChI is InChI=1S/C18H28FNO/c1-14(2)20-13-18(15-8-7-9-16(19)12-15)21-17-10-5-3-4-6-11-17/h7-9,12,14,17-18,20H,3-6,10-11,13H2,1-2H3. The van der Waals surface area contributed by atoms with E-state index in [0.29, 0.717) is 12.1 Å². The molecule has 3 heteroatoms. The summed E-state index contributed by atoms with van der Waals surface area (Å²) in [6.07, 6.45) is 7.64. The van der Waals surface area contributed by atoms with Crippen molar-refractivity contribution in [3.05, 3.63) is 35.6 Å². The first-order chi connectivity index (χ1) is 10.1. The van der Waals surface area contributed by atoms with Crippen LogP contribution in [0.1, 0.15) is 64.0 Å². The van der Waals surface area contributed by atoms with Gasteiger partial charge in [0.1, 0.15) is 5.82 Å². The average molecular weight is 293 g/mol. The molecule has 0 bridgehead atoms. The van der Waals surface area contributed by atoms with E-state index in [1.807, 2.05) is 6.07 Å². The van der Waals surface area contributed by atoms with E-state index < -0.39 is 0 Å². The predicted molar refractivity (Wildman–Crippen MR) is 84.9 cm³/mol. The van der Waals surface area contributed by atoms with Gasteiger partial charge in [-0.3, -0.25) is 0 Å². The number of ether oxygens (including phenoxy) is 1. The van der Waals surface area contributed by atoms with Crippen LogP contribution >= 0.6 is 0 Å². The molecule has 1 fully saturated rings. The summed E-state index contributed by atoms with van der Waals surface area (Å²) in [6, 6.07) is 7.22. The maximum atomic E-state index is 13.5. The number of nitrogens with one attached hydrogen (secondary N) is 1. The Bertz CT molecular complexity index is 413. The molecule has 2 rings (SSSR count). The molecule has 2 nitrogen and oxygen atoms in total. The van der Waals surface area contributed by atoms with E-state index in [2.05, 4.69) is 19.2 Å². The van der Waals surface area contributed by atoms with Crippen molar-refractivity contribution in [1.29, 1.82) is 0 Å². The van der Waals surface area contributed by atoms with Crippen LogP contribution in [-0.2, 0) is 4.74 Å². The molecule has 21 heavy (non-hydrogen) atoms. The van der Waals surface area contributed by atoms with Crippen LogP contribution in [0.25, 0.3) is 0 Å². The van der Waals surface area contributed by atoms with Crippen molar-refractivity contribution >= 4 is 0 Å². The molecule has 1 aliphatic rings. The lowest BCUT2D eigenvalue weighted by Crippen LogP contribution is -2.31. The number of hydrogen-bond donors (Lipinski definition) is 1. The summed E-state index contributed by atoms with van der Waals surface area (Å²) in [5.74, 6) is -0.188. The van der Waals surface area contributed by atoms with Gasteiger partial charge in [0.25, 0.3) is 0 Å². The van der Waals surface area contributed by atoms with Gasteiger partial charge in [0.2, 0.25) is 0 Å². The molecule has 1 saturated carbocycles. The van der Waals surface area contributed by atoms with Crippen LogP contribution in [0, 0.1) is 5.82 Å².